The molecule has 2 atom stereocenters. The van der Waals surface area contributed by atoms with E-state index in [4.69, 9.17) is 8.92 Å². The summed E-state index contributed by atoms with van der Waals surface area (Å²) in [6.45, 7) is 1.97. The van der Waals surface area contributed by atoms with E-state index in [-0.39, 0.29) is 6.04 Å². The van der Waals surface area contributed by atoms with Crippen molar-refractivity contribution < 1.29 is 13.1 Å². The number of nitrogens with one attached hydrogen (secondary N) is 1. The molecule has 2 unspecified atom stereocenters. The summed E-state index contributed by atoms with van der Waals surface area (Å²) in [5, 5.41) is 0. The molecule has 0 fully saturated rings. The van der Waals surface area contributed by atoms with Gasteiger partial charge in [-0.25, -0.2) is 0 Å². The molecule has 1 aliphatic rings. The SMILES string of the molecule is CC1NS(=O)Oc2cc(-c3ccc(Oc4ccccc4)cc3)ccc21. The smallest absolute Gasteiger partial charge is 0.288 e. The zero-order valence-corrected chi connectivity index (χ0v) is 14.5. The average molecular weight is 351 g/mol. The van der Waals surface area contributed by atoms with E-state index >= 15 is 0 Å². The van der Waals surface area contributed by atoms with Gasteiger partial charge in [0.25, 0.3) is 11.3 Å². The second-order valence-electron chi connectivity index (χ2n) is 5.85. The van der Waals surface area contributed by atoms with Gasteiger partial charge in [-0.3, -0.25) is 0 Å². The van der Waals surface area contributed by atoms with Crippen molar-refractivity contribution in [3.63, 3.8) is 0 Å². The van der Waals surface area contributed by atoms with Crippen molar-refractivity contribution in [2.75, 3.05) is 0 Å². The molecule has 1 heterocycles. The number of hydrogen-bond acceptors (Lipinski definition) is 3. The molecular formula is C20H17NO3S. The lowest BCUT2D eigenvalue weighted by Gasteiger charge is -2.23. The van der Waals surface area contributed by atoms with Crippen LogP contribution in [0.3, 0.4) is 0 Å². The molecule has 1 aliphatic heterocycles. The average Bonchev–Trinajstić information content (AvgIpc) is 2.62. The minimum Gasteiger partial charge on any atom is -0.457 e. The number of hydrogen-bond donors (Lipinski definition) is 1. The molecule has 0 radical (unpaired) electrons. The van der Waals surface area contributed by atoms with Crippen LogP contribution >= 0.6 is 0 Å². The third kappa shape index (κ3) is 3.43. The quantitative estimate of drug-likeness (QED) is 0.739. The summed E-state index contributed by atoms with van der Waals surface area (Å²) in [6.07, 6.45) is 0. The monoisotopic (exact) mass is 351 g/mol. The minimum atomic E-state index is -1.49. The molecule has 0 aromatic heterocycles. The second-order valence-corrected chi connectivity index (χ2v) is 6.72. The Bertz CT molecular complexity index is 910. The van der Waals surface area contributed by atoms with Crippen LogP contribution in [0.15, 0.2) is 72.8 Å². The zero-order chi connectivity index (χ0) is 17.2. The number of ether oxygens (including phenoxy) is 1. The molecule has 1 N–H and O–H groups in total. The van der Waals surface area contributed by atoms with Gasteiger partial charge in [0.1, 0.15) is 17.2 Å². The van der Waals surface area contributed by atoms with Crippen molar-refractivity contribution in [2.45, 2.75) is 13.0 Å². The minimum absolute atomic E-state index is 0.000261. The van der Waals surface area contributed by atoms with Gasteiger partial charge in [0.2, 0.25) is 0 Å². The Morgan fingerprint density at radius 2 is 1.60 bits per heavy atom. The molecule has 126 valence electrons. The highest BCUT2D eigenvalue weighted by atomic mass is 32.2. The van der Waals surface area contributed by atoms with E-state index in [0.717, 1.165) is 28.2 Å². The fourth-order valence-corrected chi connectivity index (χ4v) is 3.57. The second kappa shape index (κ2) is 6.70. The van der Waals surface area contributed by atoms with Crippen molar-refractivity contribution in [3.05, 3.63) is 78.4 Å². The Labute approximate surface area is 149 Å². The van der Waals surface area contributed by atoms with E-state index < -0.39 is 11.3 Å². The maximum atomic E-state index is 11.7. The molecule has 5 heteroatoms. The molecule has 4 nitrogen and oxygen atoms in total. The number of benzene rings is 3. The van der Waals surface area contributed by atoms with Gasteiger partial charge in [0.05, 0.1) is 0 Å². The van der Waals surface area contributed by atoms with Crippen LogP contribution in [0, 0.1) is 0 Å². The molecule has 0 bridgehead atoms. The van der Waals surface area contributed by atoms with Crippen LogP contribution in [-0.2, 0) is 11.3 Å². The van der Waals surface area contributed by atoms with Crippen molar-refractivity contribution >= 4 is 11.3 Å². The topological polar surface area (TPSA) is 47.6 Å². The van der Waals surface area contributed by atoms with Crippen molar-refractivity contribution in [3.8, 4) is 28.4 Å². The Kier molecular flexibility index (Phi) is 4.26. The molecule has 0 saturated carbocycles. The summed E-state index contributed by atoms with van der Waals surface area (Å²) in [6, 6.07) is 23.5. The molecular weight excluding hydrogens is 334 g/mol. The first kappa shape index (κ1) is 15.9. The third-order valence-corrected chi connectivity index (χ3v) is 4.96. The van der Waals surface area contributed by atoms with E-state index in [0.29, 0.717) is 5.75 Å². The molecule has 25 heavy (non-hydrogen) atoms. The fraction of sp³-hybridized carbons (Fsp3) is 0.100. The highest BCUT2D eigenvalue weighted by Crippen LogP contribution is 2.34. The highest BCUT2D eigenvalue weighted by molar-refractivity contribution is 7.78. The van der Waals surface area contributed by atoms with Crippen molar-refractivity contribution in [1.82, 2.24) is 4.72 Å². The third-order valence-electron chi connectivity index (χ3n) is 4.09. The molecule has 3 aromatic carbocycles. The lowest BCUT2D eigenvalue weighted by Crippen LogP contribution is -2.30. The largest absolute Gasteiger partial charge is 0.457 e. The van der Waals surface area contributed by atoms with E-state index in [1.165, 1.54) is 0 Å². The summed E-state index contributed by atoms with van der Waals surface area (Å²) >= 11 is -1.49. The maximum Gasteiger partial charge on any atom is 0.288 e. The van der Waals surface area contributed by atoms with Gasteiger partial charge >= 0.3 is 0 Å². The van der Waals surface area contributed by atoms with Crippen LogP contribution in [-0.4, -0.2) is 4.21 Å². The van der Waals surface area contributed by atoms with E-state index in [1.54, 1.807) is 0 Å². The van der Waals surface area contributed by atoms with Crippen LogP contribution in [0.5, 0.6) is 17.2 Å². The van der Waals surface area contributed by atoms with Crippen LogP contribution in [0.1, 0.15) is 18.5 Å². The number of rotatable bonds is 3. The Hall–Kier alpha value is -2.63. The van der Waals surface area contributed by atoms with E-state index in [1.807, 2.05) is 79.7 Å². The van der Waals surface area contributed by atoms with Gasteiger partial charge in [-0.05, 0) is 48.4 Å². The van der Waals surface area contributed by atoms with Gasteiger partial charge < -0.3 is 8.92 Å². The van der Waals surface area contributed by atoms with E-state index in [9.17, 15) is 4.21 Å². The normalized spacial score (nSPS) is 18.9. The van der Waals surface area contributed by atoms with Crippen LogP contribution in [0.2, 0.25) is 0 Å². The van der Waals surface area contributed by atoms with Gasteiger partial charge in [-0.1, -0.05) is 42.5 Å². The maximum absolute atomic E-state index is 11.7. The Balaban J connectivity index is 1.58. The lowest BCUT2D eigenvalue weighted by atomic mass is 10.0. The first-order chi connectivity index (χ1) is 12.2. The van der Waals surface area contributed by atoms with E-state index in [2.05, 4.69) is 4.72 Å². The van der Waals surface area contributed by atoms with Crippen LogP contribution in [0.25, 0.3) is 11.1 Å². The predicted molar refractivity (Wildman–Crippen MR) is 98.7 cm³/mol. The van der Waals surface area contributed by atoms with Gasteiger partial charge in [-0.15, -0.1) is 0 Å². The summed E-state index contributed by atoms with van der Waals surface area (Å²) in [4.78, 5) is 0. The molecule has 3 aromatic rings. The predicted octanol–water partition coefficient (Wildman–Crippen LogP) is 4.77. The zero-order valence-electron chi connectivity index (χ0n) is 13.6. The Morgan fingerprint density at radius 1 is 0.920 bits per heavy atom. The molecule has 0 saturated heterocycles. The molecule has 0 spiro atoms. The van der Waals surface area contributed by atoms with Gasteiger partial charge in [0, 0.05) is 11.6 Å². The summed E-state index contributed by atoms with van der Waals surface area (Å²) < 4.78 is 25.7. The fourth-order valence-electron chi connectivity index (χ4n) is 2.80. The molecule has 4 rings (SSSR count). The van der Waals surface area contributed by atoms with Gasteiger partial charge in [0.15, 0.2) is 0 Å². The van der Waals surface area contributed by atoms with Crippen molar-refractivity contribution in [2.24, 2.45) is 0 Å². The van der Waals surface area contributed by atoms with Crippen LogP contribution < -0.4 is 13.6 Å². The van der Waals surface area contributed by atoms with Crippen LogP contribution in [0.4, 0.5) is 0 Å². The summed E-state index contributed by atoms with van der Waals surface area (Å²) in [5.74, 6) is 2.25. The molecule has 0 aliphatic carbocycles. The first-order valence-corrected chi connectivity index (χ1v) is 9.10. The van der Waals surface area contributed by atoms with Gasteiger partial charge in [-0.2, -0.15) is 8.93 Å². The highest BCUT2D eigenvalue weighted by Gasteiger charge is 2.22. The lowest BCUT2D eigenvalue weighted by molar-refractivity contribution is 0.483. The summed E-state index contributed by atoms with van der Waals surface area (Å²) in [7, 11) is 0. The van der Waals surface area contributed by atoms with Crippen molar-refractivity contribution in [1.29, 1.82) is 0 Å². The number of fused-ring (bicyclic) bond motifs is 1. The Morgan fingerprint density at radius 3 is 2.36 bits per heavy atom. The summed E-state index contributed by atoms with van der Waals surface area (Å²) in [5.41, 5.74) is 3.06. The molecule has 0 amide bonds. The number of para-hydroxylation sites is 1. The standard InChI is InChI=1S/C20H17NO3S/c1-14-19-12-9-16(13-20(19)24-25(22)21-14)15-7-10-18(11-8-15)23-17-5-3-2-4-6-17/h2-14,21H,1H3. The first-order valence-electron chi connectivity index (χ1n) is 8.02.